The zero-order chi connectivity index (χ0) is 24.3. The Balaban J connectivity index is 1.56. The van der Waals surface area contributed by atoms with Crippen molar-refractivity contribution in [3.8, 4) is 5.75 Å². The number of aromatic hydroxyl groups is 1. The van der Waals surface area contributed by atoms with E-state index in [4.69, 9.17) is 10.5 Å². The number of rotatable bonds is 2. The van der Waals surface area contributed by atoms with Crippen molar-refractivity contribution < 1.29 is 29.3 Å². The van der Waals surface area contributed by atoms with E-state index in [1.165, 1.54) is 0 Å². The number of hydrogen-bond acceptors (Lipinski definition) is 8. The number of carbonyl (C=O) groups is 3. The molecule has 1 fully saturated rings. The number of amides is 1. The molecule has 1 aromatic carbocycles. The topological polar surface area (TPSA) is 137 Å². The predicted octanol–water partition coefficient (Wildman–Crippen LogP) is 0.983. The lowest BCUT2D eigenvalue weighted by atomic mass is 9.61. The molecular weight excluding hydrogens is 438 g/mol. The van der Waals surface area contributed by atoms with Crippen molar-refractivity contribution in [1.29, 1.82) is 0 Å². The van der Waals surface area contributed by atoms with Gasteiger partial charge in [-0.25, -0.2) is 0 Å². The molecule has 0 saturated carbocycles. The van der Waals surface area contributed by atoms with Crippen LogP contribution >= 0.6 is 0 Å². The Hall–Kier alpha value is -3.33. The fourth-order valence-corrected chi connectivity index (χ4v) is 6.92. The molecule has 1 spiro atoms. The molecule has 9 heteroatoms. The first kappa shape index (κ1) is 21.2. The Kier molecular flexibility index (Phi) is 4.14. The van der Waals surface area contributed by atoms with Crippen molar-refractivity contribution in [2.75, 3.05) is 32.6 Å². The predicted molar refractivity (Wildman–Crippen MR) is 122 cm³/mol. The highest BCUT2D eigenvalue weighted by Crippen LogP contribution is 2.65. The van der Waals surface area contributed by atoms with Gasteiger partial charge in [0.05, 0.1) is 11.6 Å². The highest BCUT2D eigenvalue weighted by Gasteiger charge is 2.73. The SMILES string of the molecule is CN1CCCc2cc(O)c3c(c21)CC1CC2C(N(C)C)C(=O)C(C(N)=O)=C(O)[C@]24OC4=C1C3=O. The summed E-state index contributed by atoms with van der Waals surface area (Å²) in [7, 11) is 5.48. The summed E-state index contributed by atoms with van der Waals surface area (Å²) in [4.78, 5) is 42.9. The number of likely N-dealkylation sites (N-methyl/N-ethyl adjacent to an activating group) is 1. The van der Waals surface area contributed by atoms with Crippen molar-refractivity contribution in [2.45, 2.75) is 37.3 Å². The number of fused-ring (bicyclic) bond motifs is 4. The van der Waals surface area contributed by atoms with Gasteiger partial charge in [-0.3, -0.25) is 19.3 Å². The highest BCUT2D eigenvalue weighted by molar-refractivity contribution is 6.22. The maximum Gasteiger partial charge on any atom is 0.255 e. The Morgan fingerprint density at radius 2 is 2.03 bits per heavy atom. The number of anilines is 1. The number of nitrogens with zero attached hydrogens (tertiary/aromatic N) is 2. The molecule has 1 saturated heterocycles. The van der Waals surface area contributed by atoms with Crippen molar-refractivity contribution in [1.82, 2.24) is 4.90 Å². The van der Waals surface area contributed by atoms with Gasteiger partial charge in [-0.05, 0) is 62.9 Å². The third-order valence-electron chi connectivity index (χ3n) is 8.26. The third-order valence-corrected chi connectivity index (χ3v) is 8.26. The minimum Gasteiger partial charge on any atom is -0.507 e. The van der Waals surface area contributed by atoms with Crippen LogP contribution in [0.25, 0.3) is 0 Å². The number of primary amides is 1. The van der Waals surface area contributed by atoms with Gasteiger partial charge in [0.2, 0.25) is 5.60 Å². The molecule has 178 valence electrons. The van der Waals surface area contributed by atoms with Gasteiger partial charge >= 0.3 is 0 Å². The third kappa shape index (κ3) is 2.40. The van der Waals surface area contributed by atoms with Crippen molar-refractivity contribution in [2.24, 2.45) is 17.6 Å². The van der Waals surface area contributed by atoms with E-state index in [1.807, 2.05) is 7.05 Å². The summed E-state index contributed by atoms with van der Waals surface area (Å²) < 4.78 is 5.99. The van der Waals surface area contributed by atoms with Gasteiger partial charge in [0.1, 0.15) is 11.3 Å². The molecule has 34 heavy (non-hydrogen) atoms. The average Bonchev–Trinajstić information content (AvgIpc) is 3.49. The lowest BCUT2D eigenvalue weighted by Crippen LogP contribution is -2.56. The molecule has 3 aliphatic carbocycles. The van der Waals surface area contributed by atoms with Crippen LogP contribution in [0.15, 0.2) is 28.7 Å². The molecule has 3 unspecified atom stereocenters. The van der Waals surface area contributed by atoms with Crippen molar-refractivity contribution >= 4 is 23.2 Å². The Morgan fingerprint density at radius 1 is 1.29 bits per heavy atom. The summed E-state index contributed by atoms with van der Waals surface area (Å²) in [5.74, 6) is -2.80. The molecule has 2 aliphatic heterocycles. The number of benzene rings is 1. The smallest absolute Gasteiger partial charge is 0.255 e. The van der Waals surface area contributed by atoms with Crippen LogP contribution in [-0.4, -0.2) is 71.9 Å². The highest BCUT2D eigenvalue weighted by atomic mass is 16.6. The normalized spacial score (nSPS) is 31.4. The summed E-state index contributed by atoms with van der Waals surface area (Å²) in [6.45, 7) is 0.873. The summed E-state index contributed by atoms with van der Waals surface area (Å²) in [6.07, 6.45) is 2.77. The fourth-order valence-electron chi connectivity index (χ4n) is 6.92. The first-order valence-electron chi connectivity index (χ1n) is 11.6. The van der Waals surface area contributed by atoms with Crippen LogP contribution in [0, 0.1) is 11.8 Å². The number of nitrogens with two attached hydrogens (primary N) is 1. The summed E-state index contributed by atoms with van der Waals surface area (Å²) in [6, 6.07) is 0.960. The van der Waals surface area contributed by atoms with Gasteiger partial charge in [0.25, 0.3) is 5.91 Å². The molecule has 1 aromatic rings. The summed E-state index contributed by atoms with van der Waals surface area (Å²) in [5.41, 5.74) is 7.17. The number of aliphatic hydroxyl groups excluding tert-OH is 1. The van der Waals surface area contributed by atoms with Gasteiger partial charge in [-0.15, -0.1) is 0 Å². The van der Waals surface area contributed by atoms with E-state index in [0.717, 1.165) is 36.2 Å². The number of epoxide rings is 1. The van der Waals surface area contributed by atoms with Crippen LogP contribution in [-0.2, 0) is 27.2 Å². The number of phenols is 1. The summed E-state index contributed by atoms with van der Waals surface area (Å²) in [5, 5.41) is 21.9. The first-order chi connectivity index (χ1) is 16.1. The zero-order valence-electron chi connectivity index (χ0n) is 19.3. The molecule has 4 atom stereocenters. The van der Waals surface area contributed by atoms with Gasteiger partial charge in [0, 0.05) is 30.8 Å². The van der Waals surface area contributed by atoms with E-state index >= 15 is 0 Å². The lowest BCUT2D eigenvalue weighted by Gasteiger charge is -2.43. The number of aryl methyl sites for hydroxylation is 1. The van der Waals surface area contributed by atoms with Crippen molar-refractivity contribution in [3.63, 3.8) is 0 Å². The van der Waals surface area contributed by atoms with E-state index in [9.17, 15) is 24.6 Å². The standard InChI is InChI=1S/C25H27N3O6/c1-27(2)19-13-8-11-7-12-16(14(29)9-10-5-4-6-28(3)18(10)12)20(30)15(11)23-25(13,34-23)22(32)17(21(19)31)24(26)33/h9,11,13,19,29,32H,4-8H2,1-3H3,(H2,26,33)/t11?,13?,19?,25-/m1/s1. The molecule has 4 N–H and O–H groups in total. The van der Waals surface area contributed by atoms with E-state index in [0.29, 0.717) is 24.2 Å². The molecule has 0 bridgehead atoms. The van der Waals surface area contributed by atoms with E-state index < -0.39 is 40.6 Å². The second kappa shape index (κ2) is 6.63. The summed E-state index contributed by atoms with van der Waals surface area (Å²) >= 11 is 0. The molecule has 5 aliphatic rings. The molecule has 2 heterocycles. The van der Waals surface area contributed by atoms with Crippen LogP contribution in [0.2, 0.25) is 0 Å². The van der Waals surface area contributed by atoms with Gasteiger partial charge in [-0.2, -0.15) is 0 Å². The number of ketones is 2. The molecule has 0 radical (unpaired) electrons. The van der Waals surface area contributed by atoms with Gasteiger partial charge in [-0.1, -0.05) is 0 Å². The maximum atomic E-state index is 13.8. The van der Waals surface area contributed by atoms with Crippen LogP contribution in [0.1, 0.15) is 34.3 Å². The number of Topliss-reactive ketones (excluding diaryl/α,β-unsaturated/α-hetero) is 2. The number of phenolic OH excluding ortho intramolecular Hbond substituents is 1. The van der Waals surface area contributed by atoms with Gasteiger partial charge in [0.15, 0.2) is 23.1 Å². The number of allylic oxidation sites excluding steroid dienone is 1. The zero-order valence-corrected chi connectivity index (χ0v) is 19.3. The molecule has 6 rings (SSSR count). The molecule has 0 aromatic heterocycles. The van der Waals surface area contributed by atoms with Crippen molar-refractivity contribution in [3.05, 3.63) is 45.4 Å². The Bertz CT molecular complexity index is 1280. The molecular formula is C25H27N3O6. The Morgan fingerprint density at radius 3 is 2.71 bits per heavy atom. The number of aliphatic hydroxyl groups is 1. The second-order valence-electron chi connectivity index (χ2n) is 10.3. The van der Waals surface area contributed by atoms with E-state index in [-0.39, 0.29) is 23.0 Å². The van der Waals surface area contributed by atoms with Gasteiger partial charge < -0.3 is 25.6 Å². The van der Waals surface area contributed by atoms with Crippen LogP contribution < -0.4 is 10.6 Å². The minimum atomic E-state index is -1.40. The minimum absolute atomic E-state index is 0.0417. The van der Waals surface area contributed by atoms with E-state index in [2.05, 4.69) is 4.90 Å². The van der Waals surface area contributed by atoms with Crippen LogP contribution in [0.3, 0.4) is 0 Å². The van der Waals surface area contributed by atoms with Crippen LogP contribution in [0.5, 0.6) is 5.75 Å². The number of carbonyl (C=O) groups excluding carboxylic acids is 3. The molecule has 9 nitrogen and oxygen atoms in total. The lowest BCUT2D eigenvalue weighted by molar-refractivity contribution is -0.128. The maximum absolute atomic E-state index is 13.8. The average molecular weight is 466 g/mol. The quantitative estimate of drug-likeness (QED) is 0.434. The molecule has 1 amide bonds. The largest absolute Gasteiger partial charge is 0.507 e. The number of hydrogen-bond donors (Lipinski definition) is 3. The Labute approximate surface area is 196 Å². The second-order valence-corrected chi connectivity index (χ2v) is 10.3. The number of ether oxygens (including phenoxy) is 1. The van der Waals surface area contributed by atoms with E-state index in [1.54, 1.807) is 25.1 Å². The fraction of sp³-hybridized carbons (Fsp3) is 0.480. The van der Waals surface area contributed by atoms with Crippen LogP contribution in [0.4, 0.5) is 5.69 Å². The monoisotopic (exact) mass is 465 g/mol. The first-order valence-corrected chi connectivity index (χ1v) is 11.6.